The molecule has 0 aliphatic heterocycles. The Hall–Kier alpha value is -2.95. The summed E-state index contributed by atoms with van der Waals surface area (Å²) in [6.45, 7) is 3.65. The molecule has 23 heavy (non-hydrogen) atoms. The first-order valence-corrected chi connectivity index (χ1v) is 7.24. The van der Waals surface area contributed by atoms with Gasteiger partial charge in [0.25, 0.3) is 5.91 Å². The number of halogens is 1. The molecule has 0 saturated carbocycles. The van der Waals surface area contributed by atoms with Crippen molar-refractivity contribution in [1.82, 2.24) is 9.78 Å². The fourth-order valence-corrected chi connectivity index (χ4v) is 2.28. The van der Waals surface area contributed by atoms with E-state index in [1.165, 1.54) is 12.1 Å². The SMILES string of the molecule is Cc1ccc(F)c(C(=O)Nc2nn(-c3ccccc3)cc2C)c1. The monoisotopic (exact) mass is 309 g/mol. The van der Waals surface area contributed by atoms with Crippen LogP contribution in [0, 0.1) is 19.7 Å². The lowest BCUT2D eigenvalue weighted by Crippen LogP contribution is -2.15. The van der Waals surface area contributed by atoms with E-state index in [-0.39, 0.29) is 5.56 Å². The summed E-state index contributed by atoms with van der Waals surface area (Å²) in [6, 6.07) is 14.0. The molecular formula is C18H16FN3O. The fourth-order valence-electron chi connectivity index (χ4n) is 2.28. The molecule has 0 radical (unpaired) electrons. The Balaban J connectivity index is 1.87. The van der Waals surface area contributed by atoms with Gasteiger partial charge in [-0.3, -0.25) is 4.79 Å². The molecule has 4 nitrogen and oxygen atoms in total. The van der Waals surface area contributed by atoms with Crippen LogP contribution in [0.3, 0.4) is 0 Å². The Bertz CT molecular complexity index is 856. The number of hydrogen-bond acceptors (Lipinski definition) is 2. The van der Waals surface area contributed by atoms with Crippen molar-refractivity contribution in [3.8, 4) is 5.69 Å². The Labute approximate surface area is 133 Å². The van der Waals surface area contributed by atoms with Crippen molar-refractivity contribution >= 4 is 11.7 Å². The molecule has 1 aromatic heterocycles. The Morgan fingerprint density at radius 2 is 1.87 bits per heavy atom. The van der Waals surface area contributed by atoms with Crippen LogP contribution in [-0.4, -0.2) is 15.7 Å². The van der Waals surface area contributed by atoms with Crippen molar-refractivity contribution in [2.75, 3.05) is 5.32 Å². The number of benzene rings is 2. The topological polar surface area (TPSA) is 46.9 Å². The summed E-state index contributed by atoms with van der Waals surface area (Å²) in [5, 5.41) is 7.03. The van der Waals surface area contributed by atoms with E-state index >= 15 is 0 Å². The second kappa shape index (κ2) is 6.04. The number of aromatic nitrogens is 2. The quantitative estimate of drug-likeness (QED) is 0.798. The van der Waals surface area contributed by atoms with Gasteiger partial charge < -0.3 is 5.32 Å². The zero-order valence-electron chi connectivity index (χ0n) is 12.9. The summed E-state index contributed by atoms with van der Waals surface area (Å²) in [5.41, 5.74) is 2.52. The van der Waals surface area contributed by atoms with Crippen LogP contribution in [0.25, 0.3) is 5.69 Å². The average molecular weight is 309 g/mol. The highest BCUT2D eigenvalue weighted by atomic mass is 19.1. The number of hydrogen-bond donors (Lipinski definition) is 1. The van der Waals surface area contributed by atoms with Crippen LogP contribution >= 0.6 is 0 Å². The van der Waals surface area contributed by atoms with E-state index in [0.717, 1.165) is 16.8 Å². The van der Waals surface area contributed by atoms with Gasteiger partial charge in [0.2, 0.25) is 0 Å². The maximum atomic E-state index is 13.8. The van der Waals surface area contributed by atoms with E-state index in [1.54, 1.807) is 10.7 Å². The maximum absolute atomic E-state index is 13.8. The molecule has 3 rings (SSSR count). The Morgan fingerprint density at radius 1 is 1.13 bits per heavy atom. The zero-order chi connectivity index (χ0) is 16.4. The molecule has 0 fully saturated rings. The highest BCUT2D eigenvalue weighted by Crippen LogP contribution is 2.18. The molecule has 116 valence electrons. The summed E-state index contributed by atoms with van der Waals surface area (Å²) >= 11 is 0. The molecule has 2 aromatic carbocycles. The Kier molecular flexibility index (Phi) is 3.93. The van der Waals surface area contributed by atoms with E-state index in [2.05, 4.69) is 10.4 Å². The van der Waals surface area contributed by atoms with Gasteiger partial charge in [-0.05, 0) is 38.1 Å². The van der Waals surface area contributed by atoms with Gasteiger partial charge in [-0.25, -0.2) is 9.07 Å². The molecule has 0 atom stereocenters. The van der Waals surface area contributed by atoms with Crippen molar-refractivity contribution < 1.29 is 9.18 Å². The van der Waals surface area contributed by atoms with Gasteiger partial charge >= 0.3 is 0 Å². The molecule has 0 spiro atoms. The summed E-state index contributed by atoms with van der Waals surface area (Å²) in [4.78, 5) is 12.3. The number of nitrogens with zero attached hydrogens (tertiary/aromatic N) is 2. The van der Waals surface area contributed by atoms with Crippen molar-refractivity contribution in [1.29, 1.82) is 0 Å². The van der Waals surface area contributed by atoms with Gasteiger partial charge in [0, 0.05) is 11.8 Å². The predicted octanol–water partition coefficient (Wildman–Crippen LogP) is 3.88. The van der Waals surface area contributed by atoms with Crippen LogP contribution < -0.4 is 5.32 Å². The standard InChI is InChI=1S/C18H16FN3O/c1-12-8-9-16(19)15(10-12)18(23)20-17-13(2)11-22(21-17)14-6-4-3-5-7-14/h3-11H,1-2H3,(H,20,21,23). The molecular weight excluding hydrogens is 293 g/mol. The number of aryl methyl sites for hydroxylation is 2. The summed E-state index contributed by atoms with van der Waals surface area (Å²) in [7, 11) is 0. The molecule has 0 aliphatic rings. The van der Waals surface area contributed by atoms with Gasteiger partial charge in [0.1, 0.15) is 5.82 Å². The zero-order valence-corrected chi connectivity index (χ0v) is 12.9. The minimum absolute atomic E-state index is 0.0126. The molecule has 1 N–H and O–H groups in total. The smallest absolute Gasteiger partial charge is 0.259 e. The summed E-state index contributed by atoms with van der Waals surface area (Å²) in [5.74, 6) is -0.638. The van der Waals surface area contributed by atoms with Crippen LogP contribution in [0.2, 0.25) is 0 Å². The third-order valence-electron chi connectivity index (χ3n) is 3.52. The van der Waals surface area contributed by atoms with E-state index in [0.29, 0.717) is 5.82 Å². The summed E-state index contributed by atoms with van der Waals surface area (Å²) < 4.78 is 15.5. The first-order valence-electron chi connectivity index (χ1n) is 7.24. The molecule has 3 aromatic rings. The van der Waals surface area contributed by atoms with Crippen LogP contribution in [0.15, 0.2) is 54.7 Å². The van der Waals surface area contributed by atoms with E-state index in [9.17, 15) is 9.18 Å². The number of rotatable bonds is 3. The van der Waals surface area contributed by atoms with Gasteiger partial charge in [-0.2, -0.15) is 0 Å². The number of nitrogens with one attached hydrogen (secondary N) is 1. The molecule has 1 amide bonds. The number of carbonyl (C=O) groups is 1. The average Bonchev–Trinajstić information content (AvgIpc) is 2.91. The van der Waals surface area contributed by atoms with Crippen LogP contribution in [0.1, 0.15) is 21.5 Å². The lowest BCUT2D eigenvalue weighted by molar-refractivity contribution is 0.102. The van der Waals surface area contributed by atoms with Crippen molar-refractivity contribution in [2.24, 2.45) is 0 Å². The molecule has 0 unspecified atom stereocenters. The lowest BCUT2D eigenvalue weighted by atomic mass is 10.1. The molecule has 5 heteroatoms. The third-order valence-corrected chi connectivity index (χ3v) is 3.52. The van der Waals surface area contributed by atoms with Gasteiger partial charge in [0.15, 0.2) is 5.82 Å². The van der Waals surface area contributed by atoms with E-state index in [1.807, 2.05) is 50.4 Å². The molecule has 0 saturated heterocycles. The first kappa shape index (κ1) is 15.0. The number of amides is 1. The first-order chi connectivity index (χ1) is 11.0. The highest BCUT2D eigenvalue weighted by molar-refractivity contribution is 6.04. The second-order valence-corrected chi connectivity index (χ2v) is 5.38. The number of carbonyl (C=O) groups excluding carboxylic acids is 1. The van der Waals surface area contributed by atoms with Crippen LogP contribution in [0.5, 0.6) is 0 Å². The van der Waals surface area contributed by atoms with Gasteiger partial charge in [-0.15, -0.1) is 5.10 Å². The molecule has 0 bridgehead atoms. The maximum Gasteiger partial charge on any atom is 0.259 e. The van der Waals surface area contributed by atoms with E-state index < -0.39 is 11.7 Å². The van der Waals surface area contributed by atoms with Crippen LogP contribution in [0.4, 0.5) is 10.2 Å². The fraction of sp³-hybridized carbons (Fsp3) is 0.111. The largest absolute Gasteiger partial charge is 0.305 e. The normalized spacial score (nSPS) is 10.6. The Morgan fingerprint density at radius 3 is 2.61 bits per heavy atom. The predicted molar refractivity (Wildman–Crippen MR) is 87.4 cm³/mol. The number of anilines is 1. The van der Waals surface area contributed by atoms with Gasteiger partial charge in [-0.1, -0.05) is 29.8 Å². The molecule has 1 heterocycles. The van der Waals surface area contributed by atoms with Crippen LogP contribution in [-0.2, 0) is 0 Å². The van der Waals surface area contributed by atoms with E-state index in [4.69, 9.17) is 0 Å². The minimum Gasteiger partial charge on any atom is -0.305 e. The third kappa shape index (κ3) is 3.13. The van der Waals surface area contributed by atoms with Crippen molar-refractivity contribution in [3.63, 3.8) is 0 Å². The number of para-hydroxylation sites is 1. The van der Waals surface area contributed by atoms with Gasteiger partial charge in [0.05, 0.1) is 11.3 Å². The second-order valence-electron chi connectivity index (χ2n) is 5.38. The minimum atomic E-state index is -0.548. The summed E-state index contributed by atoms with van der Waals surface area (Å²) in [6.07, 6.45) is 1.82. The molecule has 0 aliphatic carbocycles. The highest BCUT2D eigenvalue weighted by Gasteiger charge is 2.15. The van der Waals surface area contributed by atoms with Crippen molar-refractivity contribution in [2.45, 2.75) is 13.8 Å². The van der Waals surface area contributed by atoms with Crippen molar-refractivity contribution in [3.05, 3.63) is 77.2 Å². The lowest BCUT2D eigenvalue weighted by Gasteiger charge is -2.05.